The first-order valence-corrected chi connectivity index (χ1v) is 8.41. The minimum absolute atomic E-state index is 0. The van der Waals surface area contributed by atoms with Gasteiger partial charge in [-0.25, -0.2) is 0 Å². The van der Waals surface area contributed by atoms with Gasteiger partial charge in [-0.05, 0) is 37.9 Å². The molecule has 0 radical (unpaired) electrons. The van der Waals surface area contributed by atoms with Crippen LogP contribution < -0.4 is 0 Å². The monoisotopic (exact) mass is 355 g/mol. The Kier molecular flexibility index (Phi) is 5.40. The van der Waals surface area contributed by atoms with Crippen molar-refractivity contribution in [3.63, 3.8) is 0 Å². The molecule has 130 valence electrons. The third kappa shape index (κ3) is 3.16. The van der Waals surface area contributed by atoms with Crippen molar-refractivity contribution >= 4 is 44.7 Å². The van der Waals surface area contributed by atoms with Crippen molar-refractivity contribution in [3.05, 3.63) is 60.2 Å². The quantitative estimate of drug-likeness (QED) is 0.517. The molecule has 4 aromatic rings. The summed E-state index contributed by atoms with van der Waals surface area (Å²) in [6, 6.07) is 19.6. The molecule has 0 fully saturated rings. The highest BCUT2D eigenvalue weighted by Crippen LogP contribution is 2.36. The molecule has 4 aromatic carbocycles. The molecule has 3 nitrogen and oxygen atoms in total. The maximum Gasteiger partial charge on any atom is 0.0558 e. The molecule has 0 amide bonds. The first-order chi connectivity index (χ1) is 11.8. The van der Waals surface area contributed by atoms with Crippen molar-refractivity contribution in [2.24, 2.45) is 0 Å². The van der Waals surface area contributed by atoms with Crippen molar-refractivity contribution in [3.8, 4) is 0 Å². The SMILES string of the molecule is Cl.OCCN(CCO)Cc1ccc2ccc3cccc4ccc1c2c34. The van der Waals surface area contributed by atoms with Gasteiger partial charge in [0.2, 0.25) is 0 Å². The van der Waals surface area contributed by atoms with Crippen molar-refractivity contribution in [2.75, 3.05) is 26.3 Å². The Labute approximate surface area is 153 Å². The van der Waals surface area contributed by atoms with E-state index in [2.05, 4.69) is 59.5 Å². The van der Waals surface area contributed by atoms with Crippen molar-refractivity contribution in [1.82, 2.24) is 4.90 Å². The largest absolute Gasteiger partial charge is 0.395 e. The second-order valence-corrected chi connectivity index (χ2v) is 6.30. The molecule has 0 aromatic heterocycles. The van der Waals surface area contributed by atoms with Crippen LogP contribution in [0.4, 0.5) is 0 Å². The van der Waals surface area contributed by atoms with E-state index in [0.29, 0.717) is 13.1 Å². The van der Waals surface area contributed by atoms with E-state index in [1.165, 1.54) is 37.9 Å². The molecular weight excluding hydrogens is 334 g/mol. The lowest BCUT2D eigenvalue weighted by atomic mass is 9.92. The van der Waals surface area contributed by atoms with Gasteiger partial charge in [-0.2, -0.15) is 0 Å². The van der Waals surface area contributed by atoms with E-state index in [0.717, 1.165) is 6.54 Å². The van der Waals surface area contributed by atoms with Crippen LogP contribution in [-0.4, -0.2) is 41.4 Å². The van der Waals surface area contributed by atoms with Crippen molar-refractivity contribution in [2.45, 2.75) is 6.54 Å². The number of rotatable bonds is 6. The third-order valence-electron chi connectivity index (χ3n) is 4.85. The molecule has 0 aliphatic rings. The minimum atomic E-state index is 0. The molecule has 0 saturated heterocycles. The van der Waals surface area contributed by atoms with Gasteiger partial charge in [-0.3, -0.25) is 4.90 Å². The summed E-state index contributed by atoms with van der Waals surface area (Å²) in [5.41, 5.74) is 1.24. The van der Waals surface area contributed by atoms with Crippen molar-refractivity contribution < 1.29 is 10.2 Å². The maximum atomic E-state index is 9.25. The van der Waals surface area contributed by atoms with Gasteiger partial charge in [-0.1, -0.05) is 54.6 Å². The second kappa shape index (κ2) is 7.54. The summed E-state index contributed by atoms with van der Waals surface area (Å²) in [4.78, 5) is 2.09. The average molecular weight is 356 g/mol. The summed E-state index contributed by atoms with van der Waals surface area (Å²) in [7, 11) is 0. The fourth-order valence-electron chi connectivity index (χ4n) is 3.73. The van der Waals surface area contributed by atoms with Crippen LogP contribution in [0.1, 0.15) is 5.56 Å². The average Bonchev–Trinajstić information content (AvgIpc) is 2.61. The Morgan fingerprint density at radius 2 is 1.24 bits per heavy atom. The van der Waals surface area contributed by atoms with Gasteiger partial charge < -0.3 is 10.2 Å². The zero-order chi connectivity index (χ0) is 16.5. The van der Waals surface area contributed by atoms with Crippen LogP contribution in [0.2, 0.25) is 0 Å². The normalized spacial score (nSPS) is 11.6. The zero-order valence-electron chi connectivity index (χ0n) is 14.0. The Bertz CT molecular complexity index is 964. The van der Waals surface area contributed by atoms with E-state index in [1.54, 1.807) is 0 Å². The van der Waals surface area contributed by atoms with Gasteiger partial charge in [0.05, 0.1) is 13.2 Å². The predicted molar refractivity (Wildman–Crippen MR) is 107 cm³/mol. The molecule has 0 unspecified atom stereocenters. The number of aliphatic hydroxyl groups is 2. The van der Waals surface area contributed by atoms with Crippen LogP contribution in [0.15, 0.2) is 54.6 Å². The number of hydrogen-bond donors (Lipinski definition) is 2. The number of nitrogens with zero attached hydrogens (tertiary/aromatic N) is 1. The van der Waals surface area contributed by atoms with Gasteiger partial charge in [-0.15, -0.1) is 12.4 Å². The molecule has 4 rings (SSSR count). The molecule has 0 saturated carbocycles. The first kappa shape index (κ1) is 17.9. The molecule has 2 N–H and O–H groups in total. The molecule has 0 aliphatic carbocycles. The van der Waals surface area contributed by atoms with E-state index in [1.807, 2.05) is 0 Å². The van der Waals surface area contributed by atoms with Crippen LogP contribution in [-0.2, 0) is 6.54 Å². The number of hydrogen-bond acceptors (Lipinski definition) is 3. The number of aliphatic hydroxyl groups excluding tert-OH is 2. The van der Waals surface area contributed by atoms with E-state index >= 15 is 0 Å². The number of halogens is 1. The highest BCUT2D eigenvalue weighted by atomic mass is 35.5. The third-order valence-corrected chi connectivity index (χ3v) is 4.85. The fraction of sp³-hybridized carbons (Fsp3) is 0.238. The number of benzene rings is 4. The van der Waals surface area contributed by atoms with Crippen LogP contribution in [0.3, 0.4) is 0 Å². The lowest BCUT2D eigenvalue weighted by Gasteiger charge is -2.22. The summed E-state index contributed by atoms with van der Waals surface area (Å²) in [5, 5.41) is 26.2. The van der Waals surface area contributed by atoms with E-state index in [-0.39, 0.29) is 25.6 Å². The molecule has 4 heteroatoms. The molecule has 0 atom stereocenters. The van der Waals surface area contributed by atoms with Gasteiger partial charge in [0.25, 0.3) is 0 Å². The van der Waals surface area contributed by atoms with Gasteiger partial charge in [0.15, 0.2) is 0 Å². The van der Waals surface area contributed by atoms with Crippen molar-refractivity contribution in [1.29, 1.82) is 0 Å². The van der Waals surface area contributed by atoms with E-state index in [4.69, 9.17) is 0 Å². The second-order valence-electron chi connectivity index (χ2n) is 6.30. The molecule has 0 spiro atoms. The van der Waals surface area contributed by atoms with Gasteiger partial charge >= 0.3 is 0 Å². The Balaban J connectivity index is 0.00000182. The van der Waals surface area contributed by atoms with Crippen LogP contribution in [0.25, 0.3) is 32.3 Å². The predicted octanol–water partition coefficient (Wildman–Crippen LogP) is 3.79. The van der Waals surface area contributed by atoms with Crippen LogP contribution >= 0.6 is 12.4 Å². The zero-order valence-corrected chi connectivity index (χ0v) is 14.8. The van der Waals surface area contributed by atoms with Gasteiger partial charge in [0, 0.05) is 19.6 Å². The lowest BCUT2D eigenvalue weighted by molar-refractivity contribution is 0.156. The highest BCUT2D eigenvalue weighted by Gasteiger charge is 2.12. The smallest absolute Gasteiger partial charge is 0.0558 e. The molecule has 0 heterocycles. The Morgan fingerprint density at radius 1 is 0.680 bits per heavy atom. The summed E-state index contributed by atoms with van der Waals surface area (Å²) in [6.45, 7) is 2.08. The maximum absolute atomic E-state index is 9.25. The minimum Gasteiger partial charge on any atom is -0.395 e. The van der Waals surface area contributed by atoms with Gasteiger partial charge in [0.1, 0.15) is 0 Å². The lowest BCUT2D eigenvalue weighted by Crippen LogP contribution is -2.29. The summed E-state index contributed by atoms with van der Waals surface area (Å²) >= 11 is 0. The topological polar surface area (TPSA) is 43.7 Å². The molecule has 0 bridgehead atoms. The van der Waals surface area contributed by atoms with Crippen LogP contribution in [0.5, 0.6) is 0 Å². The summed E-state index contributed by atoms with van der Waals surface area (Å²) < 4.78 is 0. The summed E-state index contributed by atoms with van der Waals surface area (Å²) in [5.74, 6) is 0. The fourth-order valence-corrected chi connectivity index (χ4v) is 3.73. The molecular formula is C21H22ClNO2. The Hall–Kier alpha value is -1.91. The molecule has 0 aliphatic heterocycles. The standard InChI is InChI=1S/C21H21NO2.ClH/c23-12-10-22(11-13-24)14-18-7-6-17-5-4-15-2-1-3-16-8-9-19(18)21(17)20(15)16;/h1-9,23-24H,10-14H2;1H. The van der Waals surface area contributed by atoms with Crippen LogP contribution in [0, 0.1) is 0 Å². The van der Waals surface area contributed by atoms with E-state index in [9.17, 15) is 10.2 Å². The molecule has 25 heavy (non-hydrogen) atoms. The van der Waals surface area contributed by atoms with E-state index < -0.39 is 0 Å². The Morgan fingerprint density at radius 3 is 1.88 bits per heavy atom. The first-order valence-electron chi connectivity index (χ1n) is 8.41. The highest BCUT2D eigenvalue weighted by molar-refractivity contribution is 6.23. The summed E-state index contributed by atoms with van der Waals surface area (Å²) in [6.07, 6.45) is 0.